The standard InChI is InChI=1S/C10H4Cl4S4/c11-3-1-2(4(12)6(14)5(3)13)8(16)10(18)9(17)7(1)15/h15-18H. The number of hydrogen-bond acceptors (Lipinski definition) is 4. The summed E-state index contributed by atoms with van der Waals surface area (Å²) in [6.45, 7) is 0. The molecular formula is C10H4Cl4S4. The Hall–Kier alpha value is 1.26. The van der Waals surface area contributed by atoms with E-state index >= 15 is 0 Å². The van der Waals surface area contributed by atoms with Crippen LogP contribution in [0.5, 0.6) is 0 Å². The molecule has 0 aliphatic carbocycles. The monoisotopic (exact) mass is 392 g/mol. The molecule has 0 heterocycles. The summed E-state index contributed by atoms with van der Waals surface area (Å²) in [5.41, 5.74) is 0. The molecule has 0 unspecified atom stereocenters. The van der Waals surface area contributed by atoms with E-state index in [4.69, 9.17) is 46.4 Å². The highest BCUT2D eigenvalue weighted by molar-refractivity contribution is 7.86. The highest BCUT2D eigenvalue weighted by Gasteiger charge is 2.21. The minimum atomic E-state index is 0.179. The lowest BCUT2D eigenvalue weighted by atomic mass is 10.1. The van der Waals surface area contributed by atoms with Gasteiger partial charge in [-0.3, -0.25) is 0 Å². The van der Waals surface area contributed by atoms with E-state index in [1.165, 1.54) is 0 Å². The van der Waals surface area contributed by atoms with Crippen LogP contribution in [0.2, 0.25) is 20.1 Å². The number of rotatable bonds is 0. The Kier molecular flexibility index (Phi) is 4.84. The van der Waals surface area contributed by atoms with Gasteiger partial charge in [0.25, 0.3) is 0 Å². The highest BCUT2D eigenvalue weighted by atomic mass is 35.5. The maximum atomic E-state index is 6.19. The molecule has 0 aliphatic heterocycles. The Bertz CT molecular complexity index is 571. The van der Waals surface area contributed by atoms with Crippen molar-refractivity contribution < 1.29 is 0 Å². The predicted octanol–water partition coefficient (Wildman–Crippen LogP) is 6.61. The van der Waals surface area contributed by atoms with Gasteiger partial charge >= 0.3 is 0 Å². The van der Waals surface area contributed by atoms with Gasteiger partial charge < -0.3 is 0 Å². The number of fused-ring (bicyclic) bond motifs is 1. The molecule has 0 aromatic heterocycles. The van der Waals surface area contributed by atoms with Gasteiger partial charge in [-0.15, -0.1) is 50.5 Å². The van der Waals surface area contributed by atoms with Gasteiger partial charge in [-0.05, 0) is 0 Å². The first-order valence-electron chi connectivity index (χ1n) is 4.40. The van der Waals surface area contributed by atoms with Crippen molar-refractivity contribution in [1.29, 1.82) is 0 Å². The molecule has 0 saturated heterocycles. The first kappa shape index (κ1) is 15.6. The molecule has 18 heavy (non-hydrogen) atoms. The molecule has 0 aliphatic rings. The fourth-order valence-corrected chi connectivity index (χ4v) is 4.01. The van der Waals surface area contributed by atoms with Crippen molar-refractivity contribution in [3.8, 4) is 0 Å². The molecule has 96 valence electrons. The second kappa shape index (κ2) is 5.57. The van der Waals surface area contributed by atoms with E-state index in [0.717, 1.165) is 0 Å². The Morgan fingerprint density at radius 2 is 0.722 bits per heavy atom. The number of benzene rings is 2. The summed E-state index contributed by atoms with van der Waals surface area (Å²) in [7, 11) is 0. The molecule has 8 heteroatoms. The van der Waals surface area contributed by atoms with Crippen molar-refractivity contribution >= 4 is 108 Å². The SMILES string of the molecule is Sc1c(S)c(S)c2c(Cl)c(Cl)c(Cl)c(Cl)c2c1S. The average molecular weight is 394 g/mol. The summed E-state index contributed by atoms with van der Waals surface area (Å²) >= 11 is 41.8. The Balaban J connectivity index is 3.22. The van der Waals surface area contributed by atoms with E-state index in [1.807, 2.05) is 0 Å². The maximum Gasteiger partial charge on any atom is 0.0800 e. The first-order valence-corrected chi connectivity index (χ1v) is 7.70. The van der Waals surface area contributed by atoms with Crippen LogP contribution in [0, 0.1) is 0 Å². The summed E-state index contributed by atoms with van der Waals surface area (Å²) in [4.78, 5) is 2.16. The minimum absolute atomic E-state index is 0.179. The molecule has 2 aromatic rings. The summed E-state index contributed by atoms with van der Waals surface area (Å²) in [6, 6.07) is 0. The highest BCUT2D eigenvalue weighted by Crippen LogP contribution is 2.50. The summed E-state index contributed by atoms with van der Waals surface area (Å²) in [6.07, 6.45) is 0. The second-order valence-corrected chi connectivity index (χ2v) is 6.70. The second-order valence-electron chi connectivity index (χ2n) is 3.40. The van der Waals surface area contributed by atoms with Crippen LogP contribution in [-0.2, 0) is 0 Å². The maximum absolute atomic E-state index is 6.19. The molecule has 0 N–H and O–H groups in total. The van der Waals surface area contributed by atoms with Gasteiger partial charge in [0, 0.05) is 30.4 Å². The lowest BCUT2D eigenvalue weighted by molar-refractivity contribution is 1.10. The average Bonchev–Trinajstić information content (AvgIpc) is 2.35. The van der Waals surface area contributed by atoms with Gasteiger partial charge in [0.15, 0.2) is 0 Å². The zero-order valence-corrected chi connectivity index (χ0v) is 14.9. The van der Waals surface area contributed by atoms with Crippen LogP contribution in [0.1, 0.15) is 0 Å². The Morgan fingerprint density at radius 1 is 0.444 bits per heavy atom. The normalized spacial score (nSPS) is 11.3. The van der Waals surface area contributed by atoms with Gasteiger partial charge in [0.1, 0.15) is 0 Å². The zero-order valence-electron chi connectivity index (χ0n) is 8.30. The number of halogens is 4. The fraction of sp³-hybridized carbons (Fsp3) is 0. The zero-order chi connectivity index (χ0) is 13.8. The molecule has 0 spiro atoms. The molecule has 0 atom stereocenters. The lowest BCUT2D eigenvalue weighted by Gasteiger charge is -2.16. The molecule has 0 saturated carbocycles. The van der Waals surface area contributed by atoms with Crippen molar-refractivity contribution in [2.24, 2.45) is 0 Å². The lowest BCUT2D eigenvalue weighted by Crippen LogP contribution is -1.89. The van der Waals surface area contributed by atoms with Crippen LogP contribution in [0.4, 0.5) is 0 Å². The van der Waals surface area contributed by atoms with Crippen LogP contribution >= 0.6 is 96.9 Å². The van der Waals surface area contributed by atoms with Crippen molar-refractivity contribution in [3.05, 3.63) is 20.1 Å². The van der Waals surface area contributed by atoms with Crippen molar-refractivity contribution in [3.63, 3.8) is 0 Å². The van der Waals surface area contributed by atoms with E-state index in [1.54, 1.807) is 0 Å². The third-order valence-electron chi connectivity index (χ3n) is 2.41. The van der Waals surface area contributed by atoms with Crippen molar-refractivity contribution in [2.45, 2.75) is 19.6 Å². The molecule has 0 amide bonds. The topological polar surface area (TPSA) is 0 Å². The predicted molar refractivity (Wildman–Crippen MR) is 93.0 cm³/mol. The van der Waals surface area contributed by atoms with Gasteiger partial charge in [-0.25, -0.2) is 0 Å². The van der Waals surface area contributed by atoms with Crippen LogP contribution in [-0.4, -0.2) is 0 Å². The van der Waals surface area contributed by atoms with Crippen LogP contribution in [0.25, 0.3) is 10.8 Å². The first-order chi connectivity index (χ1) is 8.29. The van der Waals surface area contributed by atoms with E-state index in [9.17, 15) is 0 Å². The van der Waals surface area contributed by atoms with Gasteiger partial charge in [0.2, 0.25) is 0 Å². The Morgan fingerprint density at radius 3 is 1.00 bits per heavy atom. The van der Waals surface area contributed by atoms with E-state index in [-0.39, 0.29) is 20.1 Å². The summed E-state index contributed by atoms with van der Waals surface area (Å²) < 4.78 is 0. The molecular weight excluding hydrogens is 390 g/mol. The number of thiol groups is 4. The number of hydrogen-bond donors (Lipinski definition) is 4. The van der Waals surface area contributed by atoms with Gasteiger partial charge in [-0.2, -0.15) is 0 Å². The largest absolute Gasteiger partial charge is 0.142 e. The third-order valence-corrected chi connectivity index (χ3v) is 6.53. The van der Waals surface area contributed by atoms with E-state index < -0.39 is 0 Å². The molecule has 0 radical (unpaired) electrons. The van der Waals surface area contributed by atoms with E-state index in [0.29, 0.717) is 30.4 Å². The molecule has 0 fully saturated rings. The minimum Gasteiger partial charge on any atom is -0.142 e. The van der Waals surface area contributed by atoms with Crippen LogP contribution < -0.4 is 0 Å². The Labute approximate surface area is 146 Å². The van der Waals surface area contributed by atoms with Crippen LogP contribution in [0.3, 0.4) is 0 Å². The fourth-order valence-electron chi connectivity index (χ4n) is 1.54. The smallest absolute Gasteiger partial charge is 0.0800 e. The molecule has 2 aromatic carbocycles. The van der Waals surface area contributed by atoms with Gasteiger partial charge in [-0.1, -0.05) is 46.4 Å². The van der Waals surface area contributed by atoms with Crippen molar-refractivity contribution in [1.82, 2.24) is 0 Å². The summed E-state index contributed by atoms with van der Waals surface area (Å²) in [5.74, 6) is 0. The van der Waals surface area contributed by atoms with E-state index in [2.05, 4.69) is 50.5 Å². The third kappa shape index (κ3) is 2.23. The summed E-state index contributed by atoms with van der Waals surface area (Å²) in [5, 5.41) is 2.02. The molecule has 0 nitrogen and oxygen atoms in total. The molecule has 0 bridgehead atoms. The van der Waals surface area contributed by atoms with Crippen LogP contribution in [0.15, 0.2) is 19.6 Å². The van der Waals surface area contributed by atoms with Gasteiger partial charge in [0.05, 0.1) is 20.1 Å². The van der Waals surface area contributed by atoms with Crippen molar-refractivity contribution in [2.75, 3.05) is 0 Å². The quantitative estimate of drug-likeness (QED) is 0.216. The molecule has 2 rings (SSSR count).